The Morgan fingerprint density at radius 1 is 0.862 bits per heavy atom. The number of hydrogen-bond donors (Lipinski definition) is 1. The van der Waals surface area contributed by atoms with E-state index in [1.54, 1.807) is 48.5 Å². The van der Waals surface area contributed by atoms with Crippen LogP contribution in [0.15, 0.2) is 83.8 Å². The molecule has 0 aliphatic heterocycles. The summed E-state index contributed by atoms with van der Waals surface area (Å²) in [6.07, 6.45) is 0. The molecular weight excluding hydrogens is 386 g/mol. The van der Waals surface area contributed by atoms with Crippen molar-refractivity contribution in [3.63, 3.8) is 0 Å². The largest absolute Gasteiger partial charge is 0.477 e. The second-order valence-corrected chi connectivity index (χ2v) is 8.07. The van der Waals surface area contributed by atoms with Gasteiger partial charge < -0.3 is 4.74 Å². The van der Waals surface area contributed by atoms with Gasteiger partial charge in [0.25, 0.3) is 10.0 Å². The zero-order valence-electron chi connectivity index (χ0n) is 15.7. The van der Waals surface area contributed by atoms with E-state index in [1.165, 1.54) is 0 Å². The second kappa shape index (κ2) is 7.89. The number of benzene rings is 3. The normalized spacial score (nSPS) is 11.3. The SMILES string of the molecule is CCOc1ccc(-c2cccc(NS(=O)(=O)c3ccc4ccccc4c3)c2)nn1. The lowest BCUT2D eigenvalue weighted by atomic mass is 10.1. The van der Waals surface area contributed by atoms with Crippen LogP contribution in [0.1, 0.15) is 6.92 Å². The Morgan fingerprint density at radius 3 is 2.45 bits per heavy atom. The molecule has 0 saturated heterocycles. The van der Waals surface area contributed by atoms with Crippen LogP contribution in [0.5, 0.6) is 5.88 Å². The zero-order chi connectivity index (χ0) is 20.3. The van der Waals surface area contributed by atoms with Crippen molar-refractivity contribution in [2.24, 2.45) is 0 Å². The third-order valence-electron chi connectivity index (χ3n) is 4.37. The number of fused-ring (bicyclic) bond motifs is 1. The van der Waals surface area contributed by atoms with Gasteiger partial charge in [-0.2, -0.15) is 0 Å². The van der Waals surface area contributed by atoms with Gasteiger partial charge in [0.05, 0.1) is 17.2 Å². The average molecular weight is 405 g/mol. The van der Waals surface area contributed by atoms with E-state index in [9.17, 15) is 8.42 Å². The molecule has 0 spiro atoms. The van der Waals surface area contributed by atoms with Crippen molar-refractivity contribution in [1.82, 2.24) is 10.2 Å². The number of rotatable bonds is 6. The Bertz CT molecular complexity index is 1260. The van der Waals surface area contributed by atoms with Crippen molar-refractivity contribution in [3.8, 4) is 17.1 Å². The van der Waals surface area contributed by atoms with Crippen LogP contribution in [-0.4, -0.2) is 25.2 Å². The van der Waals surface area contributed by atoms with E-state index >= 15 is 0 Å². The Kier molecular flexibility index (Phi) is 5.14. The fourth-order valence-electron chi connectivity index (χ4n) is 2.99. The van der Waals surface area contributed by atoms with Gasteiger partial charge in [-0.1, -0.05) is 42.5 Å². The Hall–Kier alpha value is -3.45. The monoisotopic (exact) mass is 405 g/mol. The second-order valence-electron chi connectivity index (χ2n) is 6.39. The highest BCUT2D eigenvalue weighted by Gasteiger charge is 2.15. The molecule has 4 rings (SSSR count). The fourth-order valence-corrected chi connectivity index (χ4v) is 4.07. The van der Waals surface area contributed by atoms with Crippen molar-refractivity contribution in [1.29, 1.82) is 0 Å². The minimum absolute atomic E-state index is 0.211. The number of sulfonamides is 1. The highest BCUT2D eigenvalue weighted by Crippen LogP contribution is 2.25. The molecule has 4 aromatic rings. The first kappa shape index (κ1) is 18.9. The van der Waals surface area contributed by atoms with Crippen LogP contribution in [0.2, 0.25) is 0 Å². The maximum atomic E-state index is 12.9. The van der Waals surface area contributed by atoms with Crippen LogP contribution in [0.4, 0.5) is 5.69 Å². The minimum atomic E-state index is -3.72. The molecule has 0 aliphatic carbocycles. The molecule has 0 aliphatic rings. The molecule has 0 fully saturated rings. The molecule has 7 heteroatoms. The summed E-state index contributed by atoms with van der Waals surface area (Å²) < 4.78 is 33.6. The molecule has 0 bridgehead atoms. The van der Waals surface area contributed by atoms with Gasteiger partial charge in [-0.05, 0) is 48.0 Å². The van der Waals surface area contributed by atoms with Crippen molar-refractivity contribution >= 4 is 26.5 Å². The summed E-state index contributed by atoms with van der Waals surface area (Å²) in [5, 5.41) is 10.0. The first-order valence-corrected chi connectivity index (χ1v) is 10.6. The van der Waals surface area contributed by atoms with Crippen molar-refractivity contribution in [3.05, 3.63) is 78.9 Å². The van der Waals surface area contributed by atoms with Crippen LogP contribution < -0.4 is 9.46 Å². The summed E-state index contributed by atoms with van der Waals surface area (Å²) in [6.45, 7) is 2.39. The molecule has 0 saturated carbocycles. The van der Waals surface area contributed by atoms with Gasteiger partial charge in [-0.25, -0.2) is 8.42 Å². The molecule has 1 aromatic heterocycles. The van der Waals surface area contributed by atoms with Crippen molar-refractivity contribution < 1.29 is 13.2 Å². The number of nitrogens with one attached hydrogen (secondary N) is 1. The molecular formula is C22H19N3O3S. The molecule has 3 aromatic carbocycles. The van der Waals surface area contributed by atoms with Crippen molar-refractivity contribution in [2.45, 2.75) is 11.8 Å². The maximum Gasteiger partial charge on any atom is 0.261 e. The highest BCUT2D eigenvalue weighted by atomic mass is 32.2. The van der Waals surface area contributed by atoms with Gasteiger partial charge in [0.1, 0.15) is 0 Å². The van der Waals surface area contributed by atoms with E-state index in [2.05, 4.69) is 14.9 Å². The van der Waals surface area contributed by atoms with Gasteiger partial charge in [0.2, 0.25) is 5.88 Å². The topological polar surface area (TPSA) is 81.2 Å². The summed E-state index contributed by atoms with van der Waals surface area (Å²) in [6, 6.07) is 23.3. The van der Waals surface area contributed by atoms with Crippen LogP contribution in [0.3, 0.4) is 0 Å². The summed E-state index contributed by atoms with van der Waals surface area (Å²) in [4.78, 5) is 0.211. The number of anilines is 1. The highest BCUT2D eigenvalue weighted by molar-refractivity contribution is 7.92. The fraction of sp³-hybridized carbons (Fsp3) is 0.0909. The summed E-state index contributed by atoms with van der Waals surface area (Å²) >= 11 is 0. The van der Waals surface area contributed by atoms with E-state index in [0.717, 1.165) is 16.3 Å². The zero-order valence-corrected chi connectivity index (χ0v) is 16.6. The van der Waals surface area contributed by atoms with E-state index in [4.69, 9.17) is 4.74 Å². The van der Waals surface area contributed by atoms with Crippen LogP contribution in [0, 0.1) is 0 Å². The minimum Gasteiger partial charge on any atom is -0.477 e. The predicted molar refractivity (Wildman–Crippen MR) is 113 cm³/mol. The summed E-state index contributed by atoms with van der Waals surface area (Å²) in [7, 11) is -3.72. The number of aromatic nitrogens is 2. The van der Waals surface area contributed by atoms with E-state index in [0.29, 0.717) is 23.9 Å². The van der Waals surface area contributed by atoms with Gasteiger partial charge in [0, 0.05) is 17.3 Å². The molecule has 1 N–H and O–H groups in total. The number of hydrogen-bond acceptors (Lipinski definition) is 5. The molecule has 0 atom stereocenters. The van der Waals surface area contributed by atoms with Crippen LogP contribution in [0.25, 0.3) is 22.0 Å². The van der Waals surface area contributed by atoms with E-state index < -0.39 is 10.0 Å². The molecule has 0 unspecified atom stereocenters. The molecule has 0 amide bonds. The lowest BCUT2D eigenvalue weighted by Crippen LogP contribution is -2.12. The molecule has 0 radical (unpaired) electrons. The smallest absolute Gasteiger partial charge is 0.261 e. The number of nitrogens with zero attached hydrogens (tertiary/aromatic N) is 2. The van der Waals surface area contributed by atoms with Gasteiger partial charge in [-0.3, -0.25) is 4.72 Å². The van der Waals surface area contributed by atoms with Gasteiger partial charge in [-0.15, -0.1) is 10.2 Å². The van der Waals surface area contributed by atoms with Gasteiger partial charge in [0.15, 0.2) is 0 Å². The first-order valence-electron chi connectivity index (χ1n) is 9.14. The Balaban J connectivity index is 1.60. The van der Waals surface area contributed by atoms with Crippen LogP contribution >= 0.6 is 0 Å². The lowest BCUT2D eigenvalue weighted by molar-refractivity contribution is 0.323. The lowest BCUT2D eigenvalue weighted by Gasteiger charge is -2.10. The third-order valence-corrected chi connectivity index (χ3v) is 5.75. The van der Waals surface area contributed by atoms with Crippen LogP contribution in [-0.2, 0) is 10.0 Å². The Morgan fingerprint density at radius 2 is 1.69 bits per heavy atom. The van der Waals surface area contributed by atoms with Gasteiger partial charge >= 0.3 is 0 Å². The Labute approximate surface area is 169 Å². The molecule has 29 heavy (non-hydrogen) atoms. The summed E-state index contributed by atoms with van der Waals surface area (Å²) in [5.41, 5.74) is 1.82. The van der Waals surface area contributed by atoms with E-state index in [1.807, 2.05) is 37.3 Å². The molecule has 6 nitrogen and oxygen atoms in total. The first-order chi connectivity index (χ1) is 14.0. The standard InChI is InChI=1S/C22H19N3O3S/c1-2-28-22-13-12-21(23-24-22)18-8-5-9-19(14-18)25-29(26,27)20-11-10-16-6-3-4-7-17(16)15-20/h3-15,25H,2H2,1H3. The summed E-state index contributed by atoms with van der Waals surface area (Å²) in [5.74, 6) is 0.449. The predicted octanol–water partition coefficient (Wildman–Crippen LogP) is 4.50. The maximum absolute atomic E-state index is 12.9. The molecule has 1 heterocycles. The quantitative estimate of drug-likeness (QED) is 0.511. The third kappa shape index (κ3) is 4.20. The van der Waals surface area contributed by atoms with E-state index in [-0.39, 0.29) is 4.90 Å². The molecule has 146 valence electrons. The number of ether oxygens (including phenoxy) is 1. The average Bonchev–Trinajstić information content (AvgIpc) is 2.74. The van der Waals surface area contributed by atoms with Crippen molar-refractivity contribution in [2.75, 3.05) is 11.3 Å².